The van der Waals surface area contributed by atoms with E-state index < -0.39 is 5.97 Å². The third-order valence-electron chi connectivity index (χ3n) is 3.89. The number of ether oxygens (including phenoxy) is 1. The SMILES string of the molecule is CC(C)CC1OCCCC1NCc1cccc(C(=O)O)c1. The second kappa shape index (κ2) is 7.57. The normalized spacial score (nSPS) is 22.4. The van der Waals surface area contributed by atoms with Crippen molar-refractivity contribution in [2.24, 2.45) is 5.92 Å². The minimum absolute atomic E-state index is 0.265. The predicted octanol–water partition coefficient (Wildman–Crippen LogP) is 3.07. The van der Waals surface area contributed by atoms with Crippen LogP contribution < -0.4 is 5.32 Å². The molecule has 1 fully saturated rings. The molecular weight excluding hydrogens is 266 g/mol. The second-order valence-corrected chi connectivity index (χ2v) is 6.17. The fourth-order valence-electron chi connectivity index (χ4n) is 2.83. The Bertz CT molecular complexity index is 473. The van der Waals surface area contributed by atoms with E-state index in [1.54, 1.807) is 18.2 Å². The Morgan fingerprint density at radius 1 is 1.48 bits per heavy atom. The summed E-state index contributed by atoms with van der Waals surface area (Å²) in [6.07, 6.45) is 3.53. The number of nitrogens with one attached hydrogen (secondary N) is 1. The highest BCUT2D eigenvalue weighted by atomic mass is 16.5. The summed E-state index contributed by atoms with van der Waals surface area (Å²) in [5.41, 5.74) is 1.34. The molecule has 0 radical (unpaired) electrons. The van der Waals surface area contributed by atoms with Gasteiger partial charge in [-0.2, -0.15) is 0 Å². The minimum Gasteiger partial charge on any atom is -0.478 e. The monoisotopic (exact) mass is 291 g/mol. The number of carbonyl (C=O) groups is 1. The number of hydrogen-bond donors (Lipinski definition) is 2. The lowest BCUT2D eigenvalue weighted by Gasteiger charge is -2.33. The van der Waals surface area contributed by atoms with Crippen LogP contribution in [-0.2, 0) is 11.3 Å². The topological polar surface area (TPSA) is 58.6 Å². The first kappa shape index (κ1) is 16.0. The van der Waals surface area contributed by atoms with Crippen LogP contribution in [0, 0.1) is 5.92 Å². The van der Waals surface area contributed by atoms with Crippen LogP contribution in [0.5, 0.6) is 0 Å². The molecule has 4 heteroatoms. The largest absolute Gasteiger partial charge is 0.478 e. The van der Waals surface area contributed by atoms with Gasteiger partial charge in [-0.1, -0.05) is 26.0 Å². The van der Waals surface area contributed by atoms with Crippen molar-refractivity contribution in [3.8, 4) is 0 Å². The van der Waals surface area contributed by atoms with Crippen LogP contribution in [0.2, 0.25) is 0 Å². The highest BCUT2D eigenvalue weighted by Gasteiger charge is 2.26. The molecule has 0 aromatic heterocycles. The van der Waals surface area contributed by atoms with Crippen molar-refractivity contribution in [2.45, 2.75) is 51.8 Å². The summed E-state index contributed by atoms with van der Waals surface area (Å²) < 4.78 is 5.90. The van der Waals surface area contributed by atoms with Gasteiger partial charge in [-0.25, -0.2) is 4.79 Å². The quantitative estimate of drug-likeness (QED) is 0.845. The molecule has 1 aromatic carbocycles. The van der Waals surface area contributed by atoms with E-state index in [2.05, 4.69) is 19.2 Å². The molecule has 0 bridgehead atoms. The van der Waals surface area contributed by atoms with Gasteiger partial charge < -0.3 is 15.2 Å². The summed E-state index contributed by atoms with van der Waals surface area (Å²) in [7, 11) is 0. The Morgan fingerprint density at radius 2 is 2.29 bits per heavy atom. The van der Waals surface area contributed by atoms with E-state index in [1.807, 2.05) is 6.07 Å². The molecule has 2 rings (SSSR count). The Hall–Kier alpha value is -1.39. The highest BCUT2D eigenvalue weighted by Crippen LogP contribution is 2.21. The zero-order valence-electron chi connectivity index (χ0n) is 12.8. The molecule has 0 aliphatic carbocycles. The van der Waals surface area contributed by atoms with Gasteiger partial charge in [0.2, 0.25) is 0 Å². The molecule has 4 nitrogen and oxygen atoms in total. The lowest BCUT2D eigenvalue weighted by atomic mass is 9.94. The number of rotatable bonds is 6. The van der Waals surface area contributed by atoms with Crippen LogP contribution in [0.4, 0.5) is 0 Å². The number of carboxylic acids is 1. The Morgan fingerprint density at radius 3 is 3.00 bits per heavy atom. The molecule has 1 aliphatic rings. The maximum atomic E-state index is 11.0. The van der Waals surface area contributed by atoms with Crippen molar-refractivity contribution >= 4 is 5.97 Å². The maximum Gasteiger partial charge on any atom is 0.335 e. The number of hydrogen-bond acceptors (Lipinski definition) is 3. The van der Waals surface area contributed by atoms with E-state index in [-0.39, 0.29) is 6.10 Å². The molecule has 1 saturated heterocycles. The van der Waals surface area contributed by atoms with E-state index in [0.717, 1.165) is 31.4 Å². The van der Waals surface area contributed by atoms with Gasteiger partial charge in [-0.3, -0.25) is 0 Å². The van der Waals surface area contributed by atoms with Gasteiger partial charge in [0.1, 0.15) is 0 Å². The molecule has 2 atom stereocenters. The van der Waals surface area contributed by atoms with E-state index in [1.165, 1.54) is 0 Å². The zero-order chi connectivity index (χ0) is 15.2. The highest BCUT2D eigenvalue weighted by molar-refractivity contribution is 5.87. The van der Waals surface area contributed by atoms with Crippen LogP contribution >= 0.6 is 0 Å². The molecular formula is C17H25NO3. The summed E-state index contributed by atoms with van der Waals surface area (Å²) >= 11 is 0. The minimum atomic E-state index is -0.879. The molecule has 21 heavy (non-hydrogen) atoms. The van der Waals surface area contributed by atoms with Gasteiger partial charge in [0.15, 0.2) is 0 Å². The molecule has 0 saturated carbocycles. The summed E-state index contributed by atoms with van der Waals surface area (Å²) in [5, 5.41) is 12.6. The maximum absolute atomic E-state index is 11.0. The average molecular weight is 291 g/mol. The molecule has 116 valence electrons. The van der Waals surface area contributed by atoms with Crippen molar-refractivity contribution in [1.29, 1.82) is 0 Å². The van der Waals surface area contributed by atoms with Crippen molar-refractivity contribution < 1.29 is 14.6 Å². The molecule has 1 heterocycles. The van der Waals surface area contributed by atoms with Gasteiger partial charge in [-0.05, 0) is 42.9 Å². The summed E-state index contributed by atoms with van der Waals surface area (Å²) in [6.45, 7) is 5.96. The first-order chi connectivity index (χ1) is 10.1. The van der Waals surface area contributed by atoms with Crippen molar-refractivity contribution in [3.63, 3.8) is 0 Å². The first-order valence-corrected chi connectivity index (χ1v) is 7.73. The zero-order valence-corrected chi connectivity index (χ0v) is 12.8. The van der Waals surface area contributed by atoms with E-state index in [4.69, 9.17) is 9.84 Å². The fraction of sp³-hybridized carbons (Fsp3) is 0.588. The van der Waals surface area contributed by atoms with Crippen molar-refractivity contribution in [1.82, 2.24) is 5.32 Å². The molecule has 1 aliphatic heterocycles. The molecule has 0 spiro atoms. The summed E-state index contributed by atoms with van der Waals surface area (Å²) in [4.78, 5) is 11.0. The number of carboxylic acid groups (broad SMARTS) is 1. The van der Waals surface area contributed by atoms with Gasteiger partial charge in [0.05, 0.1) is 11.7 Å². The predicted molar refractivity (Wildman–Crippen MR) is 82.5 cm³/mol. The molecule has 0 amide bonds. The van der Waals surface area contributed by atoms with Crippen LogP contribution in [0.1, 0.15) is 49.0 Å². The molecule has 1 aromatic rings. The lowest BCUT2D eigenvalue weighted by molar-refractivity contribution is -0.0205. The van der Waals surface area contributed by atoms with Crippen LogP contribution in [0.3, 0.4) is 0 Å². The smallest absolute Gasteiger partial charge is 0.335 e. The average Bonchev–Trinajstić information content (AvgIpc) is 2.46. The molecule has 2 unspecified atom stereocenters. The third-order valence-corrected chi connectivity index (χ3v) is 3.89. The Balaban J connectivity index is 1.94. The van der Waals surface area contributed by atoms with Crippen LogP contribution in [-0.4, -0.2) is 29.8 Å². The van der Waals surface area contributed by atoms with Crippen LogP contribution in [0.25, 0.3) is 0 Å². The first-order valence-electron chi connectivity index (χ1n) is 7.73. The van der Waals surface area contributed by atoms with Crippen molar-refractivity contribution in [2.75, 3.05) is 6.61 Å². The lowest BCUT2D eigenvalue weighted by Crippen LogP contribution is -2.44. The van der Waals surface area contributed by atoms with Crippen molar-refractivity contribution in [3.05, 3.63) is 35.4 Å². The van der Waals surface area contributed by atoms with E-state index in [0.29, 0.717) is 24.1 Å². The Labute approximate surface area is 126 Å². The van der Waals surface area contributed by atoms with Gasteiger partial charge >= 0.3 is 5.97 Å². The Kier molecular flexibility index (Phi) is 5.76. The van der Waals surface area contributed by atoms with Crippen LogP contribution in [0.15, 0.2) is 24.3 Å². The third kappa shape index (κ3) is 4.83. The van der Waals surface area contributed by atoms with E-state index >= 15 is 0 Å². The van der Waals surface area contributed by atoms with Gasteiger partial charge in [-0.15, -0.1) is 0 Å². The standard InChI is InChI=1S/C17H25NO3/c1-12(2)9-16-15(7-4-8-21-16)18-11-13-5-3-6-14(10-13)17(19)20/h3,5-6,10,12,15-16,18H,4,7-9,11H2,1-2H3,(H,19,20). The molecule has 2 N–H and O–H groups in total. The summed E-state index contributed by atoms with van der Waals surface area (Å²) in [6, 6.07) is 7.46. The number of aromatic carboxylic acids is 1. The van der Waals surface area contributed by atoms with E-state index in [9.17, 15) is 4.79 Å². The fourth-order valence-corrected chi connectivity index (χ4v) is 2.83. The van der Waals surface area contributed by atoms with Gasteiger partial charge in [0.25, 0.3) is 0 Å². The van der Waals surface area contributed by atoms with Gasteiger partial charge in [0, 0.05) is 19.2 Å². The second-order valence-electron chi connectivity index (χ2n) is 6.17. The number of benzene rings is 1. The summed E-state index contributed by atoms with van der Waals surface area (Å²) in [5.74, 6) is -0.261.